The number of nitrogens with zero attached hydrogens (tertiary/aromatic N) is 2. The van der Waals surface area contributed by atoms with Crippen LogP contribution in [0.15, 0.2) is 30.3 Å². The van der Waals surface area contributed by atoms with Gasteiger partial charge in [0.2, 0.25) is 0 Å². The van der Waals surface area contributed by atoms with E-state index in [0.717, 1.165) is 75.0 Å². The van der Waals surface area contributed by atoms with Crippen LogP contribution in [0, 0.1) is 11.7 Å². The van der Waals surface area contributed by atoms with Gasteiger partial charge in [0.05, 0.1) is 12.7 Å². The molecule has 2 N–H and O–H groups in total. The number of rotatable bonds is 10. The van der Waals surface area contributed by atoms with Crippen molar-refractivity contribution in [1.29, 1.82) is 0 Å². The molecular formula is C29H38FN3O4. The van der Waals surface area contributed by atoms with Gasteiger partial charge in [-0.3, -0.25) is 9.69 Å². The van der Waals surface area contributed by atoms with Gasteiger partial charge in [-0.1, -0.05) is 12.1 Å². The molecular weight excluding hydrogens is 473 g/mol. The Kier molecular flexibility index (Phi) is 8.69. The molecule has 2 saturated heterocycles. The third kappa shape index (κ3) is 6.48. The average molecular weight is 512 g/mol. The van der Waals surface area contributed by atoms with Crippen molar-refractivity contribution in [3.05, 3.63) is 58.5 Å². The van der Waals surface area contributed by atoms with Crippen LogP contribution in [0.5, 0.6) is 0 Å². The smallest absolute Gasteiger partial charge is 0.325 e. The van der Waals surface area contributed by atoms with Crippen molar-refractivity contribution >= 4 is 11.8 Å². The number of carboxylic acids is 1. The van der Waals surface area contributed by atoms with Crippen molar-refractivity contribution in [3.63, 3.8) is 0 Å². The lowest BCUT2D eigenvalue weighted by Crippen LogP contribution is -2.34. The van der Waals surface area contributed by atoms with Crippen LogP contribution in [0.25, 0.3) is 0 Å². The highest BCUT2D eigenvalue weighted by atomic mass is 19.1. The molecule has 0 amide bonds. The summed E-state index contributed by atoms with van der Waals surface area (Å²) < 4.78 is 26.2. The summed E-state index contributed by atoms with van der Waals surface area (Å²) >= 11 is 0. The molecule has 4 heterocycles. The van der Waals surface area contributed by atoms with E-state index in [1.807, 2.05) is 4.90 Å². The van der Waals surface area contributed by atoms with Crippen LogP contribution in [0.2, 0.25) is 0 Å². The minimum absolute atomic E-state index is 0.173. The summed E-state index contributed by atoms with van der Waals surface area (Å²) in [6, 6.07) is 7.92. The predicted octanol–water partition coefficient (Wildman–Crippen LogP) is 4.92. The topological polar surface area (TPSA) is 83.9 Å². The Hall–Kier alpha value is -2.55. The maximum atomic E-state index is 14.3. The van der Waals surface area contributed by atoms with Crippen LogP contribution in [-0.2, 0) is 27.1 Å². The second kappa shape index (κ2) is 12.3. The minimum atomic E-state index is -0.948. The second-order valence-electron chi connectivity index (χ2n) is 10.5. The predicted molar refractivity (Wildman–Crippen MR) is 139 cm³/mol. The van der Waals surface area contributed by atoms with Crippen LogP contribution < -0.4 is 5.32 Å². The third-order valence-electron chi connectivity index (χ3n) is 7.81. The number of benzene rings is 1. The van der Waals surface area contributed by atoms with Crippen molar-refractivity contribution in [3.8, 4) is 0 Å². The van der Waals surface area contributed by atoms with Crippen molar-refractivity contribution in [2.75, 3.05) is 44.8 Å². The number of anilines is 1. The Balaban J connectivity index is 1.13. The molecule has 5 rings (SSSR count). The lowest BCUT2D eigenvalue weighted by atomic mass is 9.92. The van der Waals surface area contributed by atoms with Crippen LogP contribution in [0.1, 0.15) is 73.1 Å². The number of hydrogen-bond acceptors (Lipinski definition) is 6. The zero-order valence-corrected chi connectivity index (χ0v) is 21.5. The van der Waals surface area contributed by atoms with E-state index in [1.54, 1.807) is 6.07 Å². The Morgan fingerprint density at radius 3 is 3.00 bits per heavy atom. The van der Waals surface area contributed by atoms with Gasteiger partial charge in [-0.25, -0.2) is 9.37 Å². The number of halogens is 1. The summed E-state index contributed by atoms with van der Waals surface area (Å²) in [6.45, 7) is 4.17. The fraction of sp³-hybridized carbons (Fsp3) is 0.586. The fourth-order valence-corrected chi connectivity index (χ4v) is 5.89. The lowest BCUT2D eigenvalue weighted by molar-refractivity contribution is -0.143. The van der Waals surface area contributed by atoms with Gasteiger partial charge in [-0.15, -0.1) is 0 Å². The molecule has 0 aliphatic carbocycles. The summed E-state index contributed by atoms with van der Waals surface area (Å²) in [4.78, 5) is 19.1. The molecule has 3 aliphatic rings. The maximum absolute atomic E-state index is 14.3. The quantitative estimate of drug-likeness (QED) is 0.438. The molecule has 3 aliphatic heterocycles. The zero-order valence-electron chi connectivity index (χ0n) is 21.5. The van der Waals surface area contributed by atoms with E-state index in [1.165, 1.54) is 17.7 Å². The monoisotopic (exact) mass is 511 g/mol. The first kappa shape index (κ1) is 26.1. The van der Waals surface area contributed by atoms with Gasteiger partial charge in [0, 0.05) is 32.0 Å². The van der Waals surface area contributed by atoms with Crippen LogP contribution >= 0.6 is 0 Å². The van der Waals surface area contributed by atoms with Crippen LogP contribution in [0.3, 0.4) is 0 Å². The number of pyridine rings is 1. The first-order chi connectivity index (χ1) is 18.1. The molecule has 0 bridgehead atoms. The molecule has 1 unspecified atom stereocenters. The van der Waals surface area contributed by atoms with Crippen molar-refractivity contribution in [2.45, 2.75) is 63.5 Å². The number of nitrogens with one attached hydrogen (secondary N) is 1. The molecule has 2 fully saturated rings. The Morgan fingerprint density at radius 2 is 2.16 bits per heavy atom. The molecule has 2 aromatic rings. The van der Waals surface area contributed by atoms with E-state index >= 15 is 0 Å². The van der Waals surface area contributed by atoms with E-state index in [2.05, 4.69) is 17.4 Å². The van der Waals surface area contributed by atoms with Gasteiger partial charge in [-0.2, -0.15) is 0 Å². The largest absolute Gasteiger partial charge is 0.480 e. The van der Waals surface area contributed by atoms with Gasteiger partial charge >= 0.3 is 5.97 Å². The molecule has 1 aromatic heterocycles. The minimum Gasteiger partial charge on any atom is -0.480 e. The van der Waals surface area contributed by atoms with Gasteiger partial charge in [0.1, 0.15) is 17.7 Å². The molecule has 3 atom stereocenters. The molecule has 37 heavy (non-hydrogen) atoms. The normalized spacial score (nSPS) is 22.8. The number of carbonyl (C=O) groups is 1. The van der Waals surface area contributed by atoms with Crippen molar-refractivity contribution < 1.29 is 23.8 Å². The standard InChI is InChI=1S/C29H38FN3O4/c30-22-9-11-24(26-7-1-2-16-37-26)25(17-22)27(29(34)35)33-14-12-20(18-33)19-36-15-4-6-23-10-8-21-5-3-13-31-28(21)32-23/h8-11,17,20,26-27H,1-7,12-16,18-19H2,(H,31,32)(H,34,35)/t20-,26?,27-/m1/s1. The maximum Gasteiger partial charge on any atom is 0.325 e. The van der Waals surface area contributed by atoms with E-state index in [-0.39, 0.29) is 12.0 Å². The summed E-state index contributed by atoms with van der Waals surface area (Å²) in [5.41, 5.74) is 3.71. The molecule has 0 radical (unpaired) electrons. The number of aliphatic carboxylic acids is 1. The fourth-order valence-electron chi connectivity index (χ4n) is 5.89. The van der Waals surface area contributed by atoms with Crippen molar-refractivity contribution in [1.82, 2.24) is 9.88 Å². The number of hydrogen-bond donors (Lipinski definition) is 2. The van der Waals surface area contributed by atoms with Gasteiger partial charge in [0.25, 0.3) is 0 Å². The van der Waals surface area contributed by atoms with Crippen molar-refractivity contribution in [2.24, 2.45) is 5.92 Å². The summed E-state index contributed by atoms with van der Waals surface area (Å²) in [5, 5.41) is 13.6. The number of aromatic nitrogens is 1. The van der Waals surface area contributed by atoms with Gasteiger partial charge in [0.15, 0.2) is 0 Å². The zero-order chi connectivity index (χ0) is 25.6. The highest BCUT2D eigenvalue weighted by molar-refractivity contribution is 5.76. The first-order valence-corrected chi connectivity index (χ1v) is 13.8. The summed E-state index contributed by atoms with van der Waals surface area (Å²) in [7, 11) is 0. The van der Waals surface area contributed by atoms with E-state index in [9.17, 15) is 14.3 Å². The first-order valence-electron chi connectivity index (χ1n) is 13.8. The molecule has 200 valence electrons. The molecule has 1 aromatic carbocycles. The summed E-state index contributed by atoms with van der Waals surface area (Å²) in [6.07, 6.45) is 7.58. The highest BCUT2D eigenvalue weighted by Crippen LogP contribution is 2.37. The number of likely N-dealkylation sites (tertiary alicyclic amines) is 1. The Bertz CT molecular complexity index is 1080. The third-order valence-corrected chi connectivity index (χ3v) is 7.81. The number of carboxylic acid groups (broad SMARTS) is 1. The SMILES string of the molecule is O=C(O)[C@@H](c1cc(F)ccc1C1CCCCO1)N1CC[C@@H](COCCCc2ccc3c(n2)NCCC3)C1. The van der Waals surface area contributed by atoms with E-state index < -0.39 is 17.8 Å². The van der Waals surface area contributed by atoms with E-state index in [4.69, 9.17) is 14.5 Å². The molecule has 8 heteroatoms. The van der Waals surface area contributed by atoms with Gasteiger partial charge in [-0.05, 0) is 98.7 Å². The second-order valence-corrected chi connectivity index (χ2v) is 10.5. The summed E-state index contributed by atoms with van der Waals surface area (Å²) in [5.74, 6) is -0.0728. The van der Waals surface area contributed by atoms with Gasteiger partial charge < -0.3 is 19.9 Å². The van der Waals surface area contributed by atoms with E-state index in [0.29, 0.717) is 38.5 Å². The molecule has 0 spiro atoms. The molecule has 7 nitrogen and oxygen atoms in total. The lowest BCUT2D eigenvalue weighted by Gasteiger charge is -2.30. The Labute approximate surface area is 218 Å². The number of fused-ring (bicyclic) bond motifs is 1. The number of ether oxygens (including phenoxy) is 2. The number of aryl methyl sites for hydroxylation is 2. The Morgan fingerprint density at radius 1 is 1.24 bits per heavy atom. The van der Waals surface area contributed by atoms with Crippen LogP contribution in [0.4, 0.5) is 10.2 Å². The molecule has 0 saturated carbocycles. The highest BCUT2D eigenvalue weighted by Gasteiger charge is 2.36. The van der Waals surface area contributed by atoms with Crippen LogP contribution in [-0.4, -0.2) is 60.4 Å². The average Bonchev–Trinajstić information content (AvgIpc) is 3.37.